The number of rotatable bonds is 6. The minimum Gasteiger partial charge on any atom is -0.379 e. The van der Waals surface area contributed by atoms with Gasteiger partial charge in [0.2, 0.25) is 0 Å². The van der Waals surface area contributed by atoms with Crippen molar-refractivity contribution in [1.82, 2.24) is 9.88 Å². The van der Waals surface area contributed by atoms with Crippen LogP contribution in [0.4, 0.5) is 11.5 Å². The summed E-state index contributed by atoms with van der Waals surface area (Å²) in [6.07, 6.45) is 1.27. The summed E-state index contributed by atoms with van der Waals surface area (Å²) < 4.78 is 5.46. The SMILES string of the molecule is Cc1cc([N+](=O)[O-])cnc1NCC(c1ccccc1Cl)N1CCOCC1. The molecule has 0 spiro atoms. The van der Waals surface area contributed by atoms with Crippen LogP contribution in [0.3, 0.4) is 0 Å². The number of nitrogens with one attached hydrogen (secondary N) is 1. The fraction of sp³-hybridized carbons (Fsp3) is 0.389. The van der Waals surface area contributed by atoms with Crippen molar-refractivity contribution in [2.45, 2.75) is 13.0 Å². The Hall–Kier alpha value is -2.22. The third-order valence-electron chi connectivity index (χ3n) is 4.49. The van der Waals surface area contributed by atoms with Gasteiger partial charge in [-0.1, -0.05) is 29.8 Å². The number of aromatic nitrogens is 1. The number of morpholine rings is 1. The van der Waals surface area contributed by atoms with Gasteiger partial charge >= 0.3 is 0 Å². The minimum atomic E-state index is -0.440. The molecule has 1 aromatic heterocycles. The monoisotopic (exact) mass is 376 g/mol. The molecule has 1 N–H and O–H groups in total. The van der Waals surface area contributed by atoms with Gasteiger partial charge < -0.3 is 10.1 Å². The number of benzene rings is 1. The Balaban J connectivity index is 1.80. The van der Waals surface area contributed by atoms with Crippen LogP contribution in [0.5, 0.6) is 0 Å². The second-order valence-electron chi connectivity index (χ2n) is 6.18. The lowest BCUT2D eigenvalue weighted by Gasteiger charge is -2.35. The van der Waals surface area contributed by atoms with E-state index in [0.29, 0.717) is 25.6 Å². The smallest absolute Gasteiger partial charge is 0.287 e. The van der Waals surface area contributed by atoms with Crippen molar-refractivity contribution in [1.29, 1.82) is 0 Å². The van der Waals surface area contributed by atoms with Gasteiger partial charge in [0.1, 0.15) is 12.0 Å². The Morgan fingerprint density at radius 3 is 2.77 bits per heavy atom. The average molecular weight is 377 g/mol. The lowest BCUT2D eigenvalue weighted by Crippen LogP contribution is -2.41. The van der Waals surface area contributed by atoms with Gasteiger partial charge in [0.15, 0.2) is 0 Å². The van der Waals surface area contributed by atoms with Crippen molar-refractivity contribution in [2.75, 3.05) is 38.2 Å². The van der Waals surface area contributed by atoms with Gasteiger partial charge in [-0.15, -0.1) is 0 Å². The largest absolute Gasteiger partial charge is 0.379 e. The van der Waals surface area contributed by atoms with Crippen molar-refractivity contribution < 1.29 is 9.66 Å². The molecule has 1 aliphatic rings. The van der Waals surface area contributed by atoms with Crippen LogP contribution in [0.25, 0.3) is 0 Å². The molecule has 1 aliphatic heterocycles. The summed E-state index contributed by atoms with van der Waals surface area (Å²) in [6.45, 7) is 5.43. The van der Waals surface area contributed by atoms with Crippen LogP contribution < -0.4 is 5.32 Å². The second-order valence-corrected chi connectivity index (χ2v) is 6.59. The molecule has 7 nitrogen and oxygen atoms in total. The first-order valence-electron chi connectivity index (χ1n) is 8.47. The predicted octanol–water partition coefficient (Wildman–Crippen LogP) is 3.44. The van der Waals surface area contributed by atoms with E-state index in [2.05, 4.69) is 15.2 Å². The van der Waals surface area contributed by atoms with Crippen molar-refractivity contribution in [3.63, 3.8) is 0 Å². The maximum Gasteiger partial charge on any atom is 0.287 e. The van der Waals surface area contributed by atoms with E-state index >= 15 is 0 Å². The fourth-order valence-corrected chi connectivity index (χ4v) is 3.37. The number of hydrogen-bond acceptors (Lipinski definition) is 6. The molecule has 0 aliphatic carbocycles. The maximum atomic E-state index is 10.9. The quantitative estimate of drug-likeness (QED) is 0.614. The summed E-state index contributed by atoms with van der Waals surface area (Å²) in [5.41, 5.74) is 1.77. The molecule has 138 valence electrons. The highest BCUT2D eigenvalue weighted by molar-refractivity contribution is 6.31. The van der Waals surface area contributed by atoms with Gasteiger partial charge in [0.05, 0.1) is 24.2 Å². The van der Waals surface area contributed by atoms with Crippen molar-refractivity contribution >= 4 is 23.1 Å². The third kappa shape index (κ3) is 4.30. The van der Waals surface area contributed by atoms with Gasteiger partial charge in [-0.3, -0.25) is 15.0 Å². The first kappa shape index (κ1) is 18.6. The number of nitrogens with zero attached hydrogens (tertiary/aromatic N) is 3. The average Bonchev–Trinajstić information content (AvgIpc) is 2.65. The summed E-state index contributed by atoms with van der Waals surface area (Å²) in [4.78, 5) is 17.0. The zero-order chi connectivity index (χ0) is 18.5. The summed E-state index contributed by atoms with van der Waals surface area (Å²) in [5, 5.41) is 14.9. The summed E-state index contributed by atoms with van der Waals surface area (Å²) in [6, 6.07) is 9.39. The highest BCUT2D eigenvalue weighted by atomic mass is 35.5. The highest BCUT2D eigenvalue weighted by Crippen LogP contribution is 2.29. The number of hydrogen-bond donors (Lipinski definition) is 1. The van der Waals surface area contributed by atoms with Crippen molar-refractivity contribution in [2.24, 2.45) is 0 Å². The molecule has 8 heteroatoms. The molecule has 1 fully saturated rings. The van der Waals surface area contributed by atoms with Crippen molar-refractivity contribution in [3.8, 4) is 0 Å². The molecular weight excluding hydrogens is 356 g/mol. The topological polar surface area (TPSA) is 80.5 Å². The molecular formula is C18H21ClN4O3. The van der Waals surface area contributed by atoms with E-state index in [1.54, 1.807) is 0 Å². The number of pyridine rings is 1. The number of halogens is 1. The minimum absolute atomic E-state index is 0.0103. The van der Waals surface area contributed by atoms with E-state index in [1.165, 1.54) is 12.3 Å². The molecule has 0 amide bonds. The van der Waals surface area contributed by atoms with E-state index in [9.17, 15) is 10.1 Å². The number of anilines is 1. The second kappa shape index (κ2) is 8.44. The van der Waals surface area contributed by atoms with Crippen molar-refractivity contribution in [3.05, 3.63) is 62.8 Å². The Morgan fingerprint density at radius 2 is 2.12 bits per heavy atom. The Morgan fingerprint density at radius 1 is 1.38 bits per heavy atom. The van der Waals surface area contributed by atoms with E-state index in [0.717, 1.165) is 29.2 Å². The molecule has 0 bridgehead atoms. The van der Waals surface area contributed by atoms with E-state index in [1.807, 2.05) is 31.2 Å². The zero-order valence-electron chi connectivity index (χ0n) is 14.5. The van der Waals surface area contributed by atoms with Gasteiger partial charge in [0, 0.05) is 30.7 Å². The van der Waals surface area contributed by atoms with Crippen LogP contribution in [0, 0.1) is 17.0 Å². The molecule has 0 saturated carbocycles. The third-order valence-corrected chi connectivity index (χ3v) is 4.83. The van der Waals surface area contributed by atoms with Crippen LogP contribution in [0.1, 0.15) is 17.2 Å². The number of ether oxygens (including phenoxy) is 1. The van der Waals surface area contributed by atoms with E-state index in [4.69, 9.17) is 16.3 Å². The first-order chi connectivity index (χ1) is 12.6. The van der Waals surface area contributed by atoms with Crippen LogP contribution in [0.2, 0.25) is 5.02 Å². The van der Waals surface area contributed by atoms with Gasteiger partial charge in [-0.25, -0.2) is 4.98 Å². The maximum absolute atomic E-state index is 10.9. The standard InChI is InChI=1S/C18H21ClN4O3/c1-13-10-14(23(24)25)11-20-18(13)21-12-17(22-6-8-26-9-7-22)15-4-2-3-5-16(15)19/h2-5,10-11,17H,6-9,12H2,1H3,(H,20,21). The van der Waals surface area contributed by atoms with E-state index < -0.39 is 4.92 Å². The fourth-order valence-electron chi connectivity index (χ4n) is 3.11. The van der Waals surface area contributed by atoms with Gasteiger partial charge in [0.25, 0.3) is 5.69 Å². The highest BCUT2D eigenvalue weighted by Gasteiger charge is 2.24. The summed E-state index contributed by atoms with van der Waals surface area (Å²) >= 11 is 6.43. The van der Waals surface area contributed by atoms with Crippen LogP contribution in [-0.4, -0.2) is 47.7 Å². The van der Waals surface area contributed by atoms with E-state index in [-0.39, 0.29) is 11.7 Å². The Bertz CT molecular complexity index is 781. The first-order valence-corrected chi connectivity index (χ1v) is 8.85. The molecule has 1 saturated heterocycles. The van der Waals surface area contributed by atoms with Gasteiger partial charge in [-0.2, -0.15) is 0 Å². The lowest BCUT2D eigenvalue weighted by atomic mass is 10.0. The molecule has 1 aromatic carbocycles. The zero-order valence-corrected chi connectivity index (χ0v) is 15.3. The molecule has 26 heavy (non-hydrogen) atoms. The lowest BCUT2D eigenvalue weighted by molar-refractivity contribution is -0.385. The Kier molecular flexibility index (Phi) is 6.03. The molecule has 2 heterocycles. The van der Waals surface area contributed by atoms with Gasteiger partial charge in [-0.05, 0) is 24.1 Å². The van der Waals surface area contributed by atoms with Crippen LogP contribution in [-0.2, 0) is 4.74 Å². The van der Waals surface area contributed by atoms with Crippen LogP contribution in [0.15, 0.2) is 36.5 Å². The predicted molar refractivity (Wildman–Crippen MR) is 101 cm³/mol. The molecule has 1 atom stereocenters. The number of nitro groups is 1. The Labute approximate surface area is 157 Å². The molecule has 2 aromatic rings. The normalized spacial score (nSPS) is 16.2. The molecule has 1 unspecified atom stereocenters. The molecule has 0 radical (unpaired) electrons. The number of aryl methyl sites for hydroxylation is 1. The summed E-state index contributed by atoms with van der Waals surface area (Å²) in [5.74, 6) is 0.640. The van der Waals surface area contributed by atoms with Crippen LogP contribution >= 0.6 is 11.6 Å². The summed E-state index contributed by atoms with van der Waals surface area (Å²) in [7, 11) is 0. The molecule has 3 rings (SSSR count).